The van der Waals surface area contributed by atoms with Crippen LogP contribution in [-0.4, -0.2) is 23.3 Å². The van der Waals surface area contributed by atoms with Crippen LogP contribution in [0, 0.1) is 5.41 Å². The van der Waals surface area contributed by atoms with Crippen molar-refractivity contribution in [2.45, 2.75) is 20.3 Å². The molecule has 1 aromatic heterocycles. The Bertz CT molecular complexity index is 605. The van der Waals surface area contributed by atoms with Crippen LogP contribution < -0.4 is 5.32 Å². The molecule has 0 saturated heterocycles. The number of hydrogen-bond acceptors (Lipinski definition) is 2. The van der Waals surface area contributed by atoms with Gasteiger partial charge in [-0.25, -0.2) is 0 Å². The van der Waals surface area contributed by atoms with Crippen LogP contribution in [0.2, 0.25) is 0 Å². The van der Waals surface area contributed by atoms with Crippen molar-refractivity contribution in [3.8, 4) is 0 Å². The summed E-state index contributed by atoms with van der Waals surface area (Å²) in [4.78, 5) is 16.3. The zero-order valence-corrected chi connectivity index (χ0v) is 12.6. The van der Waals surface area contributed by atoms with E-state index in [1.807, 2.05) is 44.2 Å². The third-order valence-corrected chi connectivity index (χ3v) is 4.01. The van der Waals surface area contributed by atoms with Gasteiger partial charge in [0.25, 0.3) is 0 Å². The summed E-state index contributed by atoms with van der Waals surface area (Å²) in [7, 11) is 0. The van der Waals surface area contributed by atoms with Gasteiger partial charge in [0.2, 0.25) is 5.91 Å². The Morgan fingerprint density at radius 1 is 1.30 bits per heavy atom. The molecule has 0 aliphatic heterocycles. The van der Waals surface area contributed by atoms with Crippen LogP contribution in [0.4, 0.5) is 0 Å². The Hall–Kier alpha value is -1.61. The molecular formula is C16H19ClN2O. The molecule has 1 N–H and O–H groups in total. The fraction of sp³-hybridized carbons (Fsp3) is 0.375. The highest BCUT2D eigenvalue weighted by Gasteiger charge is 2.25. The Morgan fingerprint density at radius 2 is 2.05 bits per heavy atom. The zero-order valence-electron chi connectivity index (χ0n) is 11.8. The number of amides is 1. The number of fused-ring (bicyclic) bond motifs is 1. The van der Waals surface area contributed by atoms with Crippen molar-refractivity contribution in [1.29, 1.82) is 0 Å². The standard InChI is InChI=1S/C16H19ClN2O/c1-16(2,11-17)15(20)19-10-8-13-6-3-5-12-7-4-9-18-14(12)13/h3-7,9H,8,10-11H2,1-2H3,(H,19,20). The van der Waals surface area contributed by atoms with Gasteiger partial charge in [-0.1, -0.05) is 24.3 Å². The van der Waals surface area contributed by atoms with E-state index in [4.69, 9.17) is 11.6 Å². The van der Waals surface area contributed by atoms with Gasteiger partial charge in [0.1, 0.15) is 0 Å². The molecule has 0 aliphatic carbocycles. The molecule has 0 unspecified atom stereocenters. The Morgan fingerprint density at radius 3 is 2.80 bits per heavy atom. The number of aromatic nitrogens is 1. The first kappa shape index (κ1) is 14.8. The molecule has 0 spiro atoms. The Labute approximate surface area is 124 Å². The third-order valence-electron chi connectivity index (χ3n) is 3.34. The van der Waals surface area contributed by atoms with Crippen molar-refractivity contribution in [2.75, 3.05) is 12.4 Å². The van der Waals surface area contributed by atoms with Crippen LogP contribution in [0.3, 0.4) is 0 Å². The summed E-state index contributed by atoms with van der Waals surface area (Å²) >= 11 is 5.79. The van der Waals surface area contributed by atoms with Crippen molar-refractivity contribution >= 4 is 28.4 Å². The Balaban J connectivity index is 2.02. The number of para-hydroxylation sites is 1. The molecule has 2 aromatic rings. The fourth-order valence-electron chi connectivity index (χ4n) is 1.98. The van der Waals surface area contributed by atoms with Gasteiger partial charge in [-0.05, 0) is 31.9 Å². The summed E-state index contributed by atoms with van der Waals surface area (Å²) in [6.45, 7) is 4.28. The van der Waals surface area contributed by atoms with E-state index >= 15 is 0 Å². The van der Waals surface area contributed by atoms with E-state index in [9.17, 15) is 4.79 Å². The number of halogens is 1. The van der Waals surface area contributed by atoms with Gasteiger partial charge < -0.3 is 5.32 Å². The van der Waals surface area contributed by atoms with Crippen molar-refractivity contribution in [3.05, 3.63) is 42.1 Å². The molecule has 20 heavy (non-hydrogen) atoms. The second kappa shape index (κ2) is 6.23. The quantitative estimate of drug-likeness (QED) is 0.860. The zero-order chi connectivity index (χ0) is 14.6. The first-order valence-corrected chi connectivity index (χ1v) is 7.25. The summed E-state index contributed by atoms with van der Waals surface area (Å²) in [6, 6.07) is 10.1. The molecule has 1 aromatic carbocycles. The van der Waals surface area contributed by atoms with E-state index < -0.39 is 5.41 Å². The minimum atomic E-state index is -0.529. The minimum absolute atomic E-state index is 0.0132. The molecule has 0 bridgehead atoms. The van der Waals surface area contributed by atoms with Gasteiger partial charge in [0.15, 0.2) is 0 Å². The first-order valence-electron chi connectivity index (χ1n) is 6.71. The lowest BCUT2D eigenvalue weighted by Gasteiger charge is -2.20. The van der Waals surface area contributed by atoms with Crippen LogP contribution in [0.1, 0.15) is 19.4 Å². The van der Waals surface area contributed by atoms with Crippen LogP contribution in [-0.2, 0) is 11.2 Å². The minimum Gasteiger partial charge on any atom is -0.355 e. The summed E-state index contributed by atoms with van der Waals surface area (Å²) in [6.07, 6.45) is 2.56. The first-order chi connectivity index (χ1) is 9.54. The average Bonchev–Trinajstić information content (AvgIpc) is 2.47. The molecular weight excluding hydrogens is 272 g/mol. The van der Waals surface area contributed by atoms with E-state index in [0.29, 0.717) is 12.4 Å². The van der Waals surface area contributed by atoms with E-state index in [-0.39, 0.29) is 5.91 Å². The van der Waals surface area contributed by atoms with E-state index in [2.05, 4.69) is 10.3 Å². The second-order valence-corrected chi connectivity index (χ2v) is 5.78. The number of nitrogens with zero attached hydrogens (tertiary/aromatic N) is 1. The smallest absolute Gasteiger partial charge is 0.226 e. The molecule has 0 atom stereocenters. The number of carbonyl (C=O) groups excluding carboxylic acids is 1. The van der Waals surface area contributed by atoms with Crippen molar-refractivity contribution < 1.29 is 4.79 Å². The number of nitrogens with one attached hydrogen (secondary N) is 1. The molecule has 0 radical (unpaired) electrons. The number of pyridine rings is 1. The molecule has 4 heteroatoms. The highest BCUT2D eigenvalue weighted by molar-refractivity contribution is 6.19. The monoisotopic (exact) mass is 290 g/mol. The summed E-state index contributed by atoms with van der Waals surface area (Å²) in [5.74, 6) is 0.301. The molecule has 0 aliphatic rings. The highest BCUT2D eigenvalue weighted by atomic mass is 35.5. The topological polar surface area (TPSA) is 42.0 Å². The lowest BCUT2D eigenvalue weighted by Crippen LogP contribution is -2.39. The highest BCUT2D eigenvalue weighted by Crippen LogP contribution is 2.18. The molecule has 106 valence electrons. The number of carbonyl (C=O) groups is 1. The maximum absolute atomic E-state index is 11.9. The molecule has 1 amide bonds. The summed E-state index contributed by atoms with van der Waals surface area (Å²) in [5.41, 5.74) is 1.62. The largest absolute Gasteiger partial charge is 0.355 e. The van der Waals surface area contributed by atoms with Gasteiger partial charge in [-0.15, -0.1) is 11.6 Å². The SMILES string of the molecule is CC(C)(CCl)C(=O)NCCc1cccc2cccnc12. The van der Waals surface area contributed by atoms with Gasteiger partial charge in [0.05, 0.1) is 10.9 Å². The van der Waals surface area contributed by atoms with E-state index in [1.54, 1.807) is 6.20 Å². The van der Waals surface area contributed by atoms with Crippen molar-refractivity contribution in [3.63, 3.8) is 0 Å². The van der Waals surface area contributed by atoms with Crippen LogP contribution in [0.5, 0.6) is 0 Å². The van der Waals surface area contributed by atoms with Crippen LogP contribution >= 0.6 is 11.6 Å². The van der Waals surface area contributed by atoms with Gasteiger partial charge in [-0.2, -0.15) is 0 Å². The van der Waals surface area contributed by atoms with Gasteiger partial charge in [0, 0.05) is 24.0 Å². The van der Waals surface area contributed by atoms with E-state index in [0.717, 1.165) is 22.9 Å². The lowest BCUT2D eigenvalue weighted by molar-refractivity contribution is -0.128. The van der Waals surface area contributed by atoms with Crippen molar-refractivity contribution in [1.82, 2.24) is 10.3 Å². The number of alkyl halides is 1. The van der Waals surface area contributed by atoms with Crippen LogP contribution in [0.25, 0.3) is 10.9 Å². The lowest BCUT2D eigenvalue weighted by atomic mass is 9.95. The molecule has 2 rings (SSSR count). The number of hydrogen-bond donors (Lipinski definition) is 1. The molecule has 1 heterocycles. The summed E-state index contributed by atoms with van der Waals surface area (Å²) in [5, 5.41) is 4.06. The summed E-state index contributed by atoms with van der Waals surface area (Å²) < 4.78 is 0. The normalized spacial score (nSPS) is 11.6. The Kier molecular flexibility index (Phi) is 4.61. The molecule has 3 nitrogen and oxygen atoms in total. The van der Waals surface area contributed by atoms with Gasteiger partial charge >= 0.3 is 0 Å². The maximum Gasteiger partial charge on any atom is 0.226 e. The fourth-order valence-corrected chi connectivity index (χ4v) is 2.10. The molecule has 0 saturated carbocycles. The van der Waals surface area contributed by atoms with E-state index in [1.165, 1.54) is 0 Å². The molecule has 0 fully saturated rings. The average molecular weight is 291 g/mol. The second-order valence-electron chi connectivity index (χ2n) is 5.52. The van der Waals surface area contributed by atoms with Gasteiger partial charge in [-0.3, -0.25) is 9.78 Å². The predicted molar refractivity (Wildman–Crippen MR) is 83.0 cm³/mol. The maximum atomic E-state index is 11.9. The number of rotatable bonds is 5. The third kappa shape index (κ3) is 3.28. The predicted octanol–water partition coefficient (Wildman–Crippen LogP) is 3.16. The van der Waals surface area contributed by atoms with Crippen molar-refractivity contribution in [2.24, 2.45) is 5.41 Å². The van der Waals surface area contributed by atoms with Crippen LogP contribution in [0.15, 0.2) is 36.5 Å². The number of benzene rings is 1.